The van der Waals surface area contributed by atoms with Crippen LogP contribution in [0.15, 0.2) is 40.8 Å². The summed E-state index contributed by atoms with van der Waals surface area (Å²) < 4.78 is 3.30. The zero-order valence-corrected chi connectivity index (χ0v) is 15.1. The molecule has 26 heavy (non-hydrogen) atoms. The molecule has 1 fully saturated rings. The van der Waals surface area contributed by atoms with Crippen molar-refractivity contribution >= 4 is 17.2 Å². The minimum Gasteiger partial charge on any atom is -0.341 e. The second kappa shape index (κ2) is 7.28. The number of rotatable bonds is 5. The predicted octanol–water partition coefficient (Wildman–Crippen LogP) is 1.30. The molecule has 0 spiro atoms. The molecule has 1 aliphatic heterocycles. The number of amides is 1. The first-order valence-corrected chi connectivity index (χ1v) is 9.54. The Morgan fingerprint density at radius 2 is 2.15 bits per heavy atom. The van der Waals surface area contributed by atoms with Crippen molar-refractivity contribution in [3.05, 3.63) is 52.3 Å². The van der Waals surface area contributed by atoms with Gasteiger partial charge in [-0.2, -0.15) is 10.2 Å². The first-order chi connectivity index (χ1) is 12.7. The van der Waals surface area contributed by atoms with E-state index >= 15 is 0 Å². The molecule has 3 aromatic heterocycles. The van der Waals surface area contributed by atoms with Crippen molar-refractivity contribution in [3.8, 4) is 5.00 Å². The number of piperidine rings is 1. The zero-order valence-electron chi connectivity index (χ0n) is 14.2. The number of likely N-dealkylation sites (tertiary alicyclic amines) is 1. The number of carbonyl (C=O) groups is 1. The molecule has 1 aliphatic rings. The number of H-pyrrole nitrogens is 1. The number of thiophene rings is 1. The van der Waals surface area contributed by atoms with Gasteiger partial charge in [0.1, 0.15) is 17.4 Å². The lowest BCUT2D eigenvalue weighted by Gasteiger charge is -2.31. The maximum absolute atomic E-state index is 12.3. The van der Waals surface area contributed by atoms with Crippen LogP contribution in [-0.4, -0.2) is 48.4 Å². The Labute approximate surface area is 154 Å². The van der Waals surface area contributed by atoms with E-state index in [1.807, 2.05) is 28.5 Å². The van der Waals surface area contributed by atoms with Gasteiger partial charge in [-0.15, -0.1) is 11.3 Å². The van der Waals surface area contributed by atoms with E-state index in [4.69, 9.17) is 0 Å². The third-order valence-electron chi connectivity index (χ3n) is 4.76. The van der Waals surface area contributed by atoms with Crippen molar-refractivity contribution in [2.24, 2.45) is 5.92 Å². The Morgan fingerprint density at radius 1 is 1.31 bits per heavy atom. The van der Waals surface area contributed by atoms with Crippen LogP contribution in [0.25, 0.3) is 5.00 Å². The second-order valence-electron chi connectivity index (χ2n) is 6.46. The number of carbonyl (C=O) groups excluding carboxylic acids is 1. The number of hydrogen-bond acceptors (Lipinski definition) is 5. The molecule has 1 saturated heterocycles. The van der Waals surface area contributed by atoms with Crippen molar-refractivity contribution in [1.29, 1.82) is 0 Å². The van der Waals surface area contributed by atoms with Crippen LogP contribution in [0.2, 0.25) is 0 Å². The largest absolute Gasteiger partial charge is 0.348 e. The van der Waals surface area contributed by atoms with E-state index < -0.39 is 0 Å². The first-order valence-electron chi connectivity index (χ1n) is 8.66. The summed E-state index contributed by atoms with van der Waals surface area (Å²) in [6.07, 6.45) is 6.03. The first kappa shape index (κ1) is 16.8. The molecule has 0 bridgehead atoms. The van der Waals surface area contributed by atoms with Gasteiger partial charge >= 0.3 is 5.69 Å². The maximum atomic E-state index is 12.3. The lowest BCUT2D eigenvalue weighted by molar-refractivity contribution is -0.133. The van der Waals surface area contributed by atoms with Crippen LogP contribution < -0.4 is 5.69 Å². The van der Waals surface area contributed by atoms with Crippen LogP contribution in [0.1, 0.15) is 18.7 Å². The molecular weight excluding hydrogens is 352 g/mol. The average Bonchev–Trinajstić information content (AvgIpc) is 3.38. The van der Waals surface area contributed by atoms with Crippen LogP contribution in [-0.2, 0) is 17.8 Å². The summed E-state index contributed by atoms with van der Waals surface area (Å²) in [5.41, 5.74) is -0.200. The summed E-state index contributed by atoms with van der Waals surface area (Å²) in [5.74, 6) is 1.28. The number of aromatic amines is 1. The van der Waals surface area contributed by atoms with Crippen LogP contribution >= 0.6 is 11.3 Å². The van der Waals surface area contributed by atoms with E-state index in [1.54, 1.807) is 21.6 Å². The number of nitrogens with one attached hydrogen (secondary N) is 1. The van der Waals surface area contributed by atoms with Crippen molar-refractivity contribution in [3.63, 3.8) is 0 Å². The summed E-state index contributed by atoms with van der Waals surface area (Å²) >= 11 is 1.52. The molecule has 0 saturated carbocycles. The fraction of sp³-hybridized carbons (Fsp3) is 0.412. The van der Waals surface area contributed by atoms with Crippen molar-refractivity contribution in [2.45, 2.75) is 25.8 Å². The van der Waals surface area contributed by atoms with Gasteiger partial charge < -0.3 is 4.90 Å². The van der Waals surface area contributed by atoms with E-state index in [2.05, 4.69) is 15.3 Å². The van der Waals surface area contributed by atoms with Gasteiger partial charge in [0.25, 0.3) is 0 Å². The van der Waals surface area contributed by atoms with Crippen LogP contribution in [0.4, 0.5) is 0 Å². The Morgan fingerprint density at radius 3 is 2.85 bits per heavy atom. The highest BCUT2D eigenvalue weighted by molar-refractivity contribution is 7.12. The van der Waals surface area contributed by atoms with Gasteiger partial charge in [-0.3, -0.25) is 9.48 Å². The van der Waals surface area contributed by atoms with Crippen molar-refractivity contribution < 1.29 is 4.79 Å². The monoisotopic (exact) mass is 372 g/mol. The lowest BCUT2D eigenvalue weighted by atomic mass is 9.93. The smallest absolute Gasteiger partial charge is 0.341 e. The Hall–Kier alpha value is -2.68. The van der Waals surface area contributed by atoms with E-state index in [0.717, 1.165) is 43.2 Å². The lowest BCUT2D eigenvalue weighted by Crippen LogP contribution is -2.40. The van der Waals surface area contributed by atoms with Gasteiger partial charge in [-0.25, -0.2) is 14.5 Å². The average molecular weight is 372 g/mol. The predicted molar refractivity (Wildman–Crippen MR) is 97.3 cm³/mol. The van der Waals surface area contributed by atoms with Gasteiger partial charge in [-0.1, -0.05) is 0 Å². The van der Waals surface area contributed by atoms with Crippen molar-refractivity contribution in [1.82, 2.24) is 29.4 Å². The van der Waals surface area contributed by atoms with E-state index in [1.165, 1.54) is 11.3 Å². The third kappa shape index (κ3) is 3.48. The van der Waals surface area contributed by atoms with Gasteiger partial charge in [0.15, 0.2) is 0 Å². The fourth-order valence-electron chi connectivity index (χ4n) is 3.37. The van der Waals surface area contributed by atoms with Gasteiger partial charge in [0.05, 0.1) is 0 Å². The molecule has 136 valence electrons. The quantitative estimate of drug-likeness (QED) is 0.731. The molecule has 3 aromatic rings. The topological polar surface area (TPSA) is 88.8 Å². The van der Waals surface area contributed by atoms with Crippen molar-refractivity contribution in [2.75, 3.05) is 13.1 Å². The molecule has 0 aliphatic carbocycles. The van der Waals surface area contributed by atoms with Gasteiger partial charge in [0, 0.05) is 31.9 Å². The molecule has 8 nitrogen and oxygen atoms in total. The summed E-state index contributed by atoms with van der Waals surface area (Å²) in [7, 11) is 0. The molecule has 0 unspecified atom stereocenters. The number of nitrogens with zero attached hydrogens (tertiary/aromatic N) is 5. The Bertz CT molecular complexity index is 904. The standard InChI is InChI=1S/C17H20N6O2S/c24-15(12-22-7-2-6-18-22)21-8-4-13(5-9-21)11-14-19-20-17(25)23(14)16-3-1-10-26-16/h1-3,6-7,10,13H,4-5,8-9,11-12H2,(H,20,25). The van der Waals surface area contributed by atoms with Crippen LogP contribution in [0, 0.1) is 5.92 Å². The van der Waals surface area contributed by atoms with E-state index in [0.29, 0.717) is 5.92 Å². The Balaban J connectivity index is 1.36. The molecular formula is C17H20N6O2S. The highest BCUT2D eigenvalue weighted by Gasteiger charge is 2.25. The van der Waals surface area contributed by atoms with E-state index in [-0.39, 0.29) is 18.1 Å². The summed E-state index contributed by atoms with van der Waals surface area (Å²) in [4.78, 5) is 26.3. The molecule has 1 N–H and O–H groups in total. The molecule has 0 atom stereocenters. The summed E-state index contributed by atoms with van der Waals surface area (Å²) in [6, 6.07) is 5.66. The molecule has 4 rings (SSSR count). The molecule has 0 radical (unpaired) electrons. The number of aromatic nitrogens is 5. The zero-order chi connectivity index (χ0) is 17.9. The highest BCUT2D eigenvalue weighted by atomic mass is 32.1. The summed E-state index contributed by atoms with van der Waals surface area (Å²) in [5, 5.41) is 13.7. The highest BCUT2D eigenvalue weighted by Crippen LogP contribution is 2.22. The minimum atomic E-state index is -0.200. The van der Waals surface area contributed by atoms with Crippen LogP contribution in [0.5, 0.6) is 0 Å². The molecule has 0 aromatic carbocycles. The molecule has 4 heterocycles. The maximum Gasteiger partial charge on any atom is 0.348 e. The van der Waals surface area contributed by atoms with Crippen LogP contribution in [0.3, 0.4) is 0 Å². The molecule has 1 amide bonds. The second-order valence-corrected chi connectivity index (χ2v) is 7.39. The minimum absolute atomic E-state index is 0.0995. The van der Waals surface area contributed by atoms with Gasteiger partial charge in [-0.05, 0) is 42.3 Å². The summed E-state index contributed by atoms with van der Waals surface area (Å²) in [6.45, 7) is 1.76. The molecule has 9 heteroatoms. The SMILES string of the molecule is O=C(Cn1cccn1)N1CCC(Cc2n[nH]c(=O)n2-c2cccs2)CC1. The van der Waals surface area contributed by atoms with E-state index in [9.17, 15) is 9.59 Å². The third-order valence-corrected chi connectivity index (χ3v) is 5.62. The number of hydrogen-bond donors (Lipinski definition) is 1. The Kier molecular flexibility index (Phi) is 4.70. The fourth-order valence-corrected chi connectivity index (χ4v) is 4.12. The van der Waals surface area contributed by atoms with Gasteiger partial charge in [0.2, 0.25) is 5.91 Å². The normalized spacial score (nSPS) is 15.5.